The quantitative estimate of drug-likeness (QED) is 0.816. The normalized spacial score (nSPS) is 11.9. The average molecular weight is 309 g/mol. The highest BCUT2D eigenvalue weighted by atomic mass is 32.1. The van der Waals surface area contributed by atoms with Crippen LogP contribution >= 0.6 is 11.3 Å². The van der Waals surface area contributed by atoms with E-state index >= 15 is 0 Å². The van der Waals surface area contributed by atoms with Gasteiger partial charge in [-0.25, -0.2) is 0 Å². The fourth-order valence-electron chi connectivity index (χ4n) is 1.66. The lowest BCUT2D eigenvalue weighted by molar-refractivity contribution is -0.136. The van der Waals surface area contributed by atoms with Crippen LogP contribution in [0.5, 0.6) is 0 Å². The third-order valence-electron chi connectivity index (χ3n) is 2.72. The smallest absolute Gasteiger partial charge is 0.314 e. The monoisotopic (exact) mass is 309 g/mol. The number of methoxy groups -OCH3 is 1. The average Bonchev–Trinajstić information content (AvgIpc) is 3.11. The molecular formula is C13H15N3O4S. The molecule has 2 aromatic rings. The number of hydrogen-bond acceptors (Lipinski definition) is 6. The zero-order valence-corrected chi connectivity index (χ0v) is 12.4. The van der Waals surface area contributed by atoms with Gasteiger partial charge in [0.05, 0.1) is 0 Å². The first-order valence-electron chi connectivity index (χ1n) is 6.17. The van der Waals surface area contributed by atoms with Gasteiger partial charge in [0.25, 0.3) is 0 Å². The molecule has 2 amide bonds. The van der Waals surface area contributed by atoms with Crippen molar-refractivity contribution >= 4 is 29.0 Å². The number of amides is 2. The fraction of sp³-hybridized carbons (Fsp3) is 0.308. The molecule has 0 aliphatic heterocycles. The summed E-state index contributed by atoms with van der Waals surface area (Å²) < 4.78 is 10.1. The summed E-state index contributed by atoms with van der Waals surface area (Å²) in [5, 5.41) is 12.3. The molecule has 2 heterocycles. The minimum absolute atomic E-state index is 0.203. The number of carbonyl (C=O) groups excluding carboxylic acids is 2. The number of anilines is 1. The number of nitrogens with one attached hydrogen (secondary N) is 2. The van der Waals surface area contributed by atoms with E-state index in [1.165, 1.54) is 17.4 Å². The second kappa shape index (κ2) is 7.00. The highest BCUT2D eigenvalue weighted by molar-refractivity contribution is 7.07. The predicted octanol–water partition coefficient (Wildman–Crippen LogP) is 1.49. The van der Waals surface area contributed by atoms with Crippen molar-refractivity contribution in [3.05, 3.63) is 34.2 Å². The molecule has 0 aliphatic carbocycles. The van der Waals surface area contributed by atoms with Crippen LogP contribution in [0.3, 0.4) is 0 Å². The number of hydrogen-bond donors (Lipinski definition) is 2. The molecule has 0 saturated carbocycles. The van der Waals surface area contributed by atoms with Gasteiger partial charge in [0.2, 0.25) is 0 Å². The summed E-state index contributed by atoms with van der Waals surface area (Å²) in [6.45, 7) is 1.89. The molecule has 0 aromatic carbocycles. The molecule has 112 valence electrons. The van der Waals surface area contributed by atoms with Crippen molar-refractivity contribution in [2.24, 2.45) is 0 Å². The Balaban J connectivity index is 1.84. The molecule has 1 atom stereocenters. The van der Waals surface area contributed by atoms with Crippen LogP contribution in [-0.2, 0) is 14.3 Å². The van der Waals surface area contributed by atoms with Crippen molar-refractivity contribution in [2.75, 3.05) is 19.0 Å². The highest BCUT2D eigenvalue weighted by Crippen LogP contribution is 2.18. The lowest BCUT2D eigenvalue weighted by Crippen LogP contribution is -2.38. The maximum absolute atomic E-state index is 11.7. The lowest BCUT2D eigenvalue weighted by Gasteiger charge is -2.14. The zero-order valence-electron chi connectivity index (χ0n) is 11.6. The maximum atomic E-state index is 11.7. The van der Waals surface area contributed by atoms with Gasteiger partial charge in [0.15, 0.2) is 5.82 Å². The van der Waals surface area contributed by atoms with E-state index in [0.717, 1.165) is 5.56 Å². The first-order chi connectivity index (χ1) is 10.1. The number of ether oxygens (including phenoxy) is 1. The van der Waals surface area contributed by atoms with Crippen LogP contribution in [-0.4, -0.2) is 30.6 Å². The molecule has 0 saturated heterocycles. The van der Waals surface area contributed by atoms with Gasteiger partial charge in [-0.05, 0) is 29.3 Å². The molecule has 0 aliphatic rings. The van der Waals surface area contributed by atoms with Crippen molar-refractivity contribution in [2.45, 2.75) is 13.0 Å². The lowest BCUT2D eigenvalue weighted by atomic mass is 10.2. The standard InChI is InChI=1S/C13H15N3O4S/c1-8-5-11(16-20-8)15-13(18)12(17)14-6-10(19-2)9-3-4-21-7-9/h3-5,7,10H,6H2,1-2H3,(H,14,17)(H,15,16,18). The summed E-state index contributed by atoms with van der Waals surface area (Å²) in [5.74, 6) is -0.812. The van der Waals surface area contributed by atoms with Gasteiger partial charge in [0, 0.05) is 19.7 Å². The summed E-state index contributed by atoms with van der Waals surface area (Å²) in [7, 11) is 1.55. The van der Waals surface area contributed by atoms with E-state index in [1.54, 1.807) is 14.0 Å². The molecular weight excluding hydrogens is 294 g/mol. The topological polar surface area (TPSA) is 93.5 Å². The minimum atomic E-state index is -0.802. The van der Waals surface area contributed by atoms with Crippen LogP contribution in [0.4, 0.5) is 5.82 Å². The molecule has 0 bridgehead atoms. The Morgan fingerprint density at radius 1 is 1.48 bits per heavy atom. The molecule has 21 heavy (non-hydrogen) atoms. The number of rotatable bonds is 5. The van der Waals surface area contributed by atoms with Crippen molar-refractivity contribution in [1.82, 2.24) is 10.5 Å². The highest BCUT2D eigenvalue weighted by Gasteiger charge is 2.18. The van der Waals surface area contributed by atoms with Crippen LogP contribution in [0.25, 0.3) is 0 Å². The van der Waals surface area contributed by atoms with E-state index in [2.05, 4.69) is 15.8 Å². The van der Waals surface area contributed by atoms with Gasteiger partial charge in [0.1, 0.15) is 11.9 Å². The zero-order chi connectivity index (χ0) is 15.2. The van der Waals surface area contributed by atoms with Gasteiger partial charge < -0.3 is 14.6 Å². The molecule has 0 spiro atoms. The third kappa shape index (κ3) is 4.14. The number of aryl methyl sites for hydroxylation is 1. The SMILES string of the molecule is COC(CNC(=O)C(=O)Nc1cc(C)on1)c1ccsc1. The molecule has 2 N–H and O–H groups in total. The largest absolute Gasteiger partial charge is 0.375 e. The number of carbonyl (C=O) groups is 2. The Hall–Kier alpha value is -2.19. The van der Waals surface area contributed by atoms with E-state index in [-0.39, 0.29) is 18.5 Å². The van der Waals surface area contributed by atoms with E-state index < -0.39 is 11.8 Å². The summed E-state index contributed by atoms with van der Waals surface area (Å²) in [5.41, 5.74) is 0.954. The summed E-state index contributed by atoms with van der Waals surface area (Å²) in [6.07, 6.45) is -0.290. The molecule has 2 rings (SSSR count). The number of thiophene rings is 1. The summed E-state index contributed by atoms with van der Waals surface area (Å²) >= 11 is 1.54. The third-order valence-corrected chi connectivity index (χ3v) is 3.42. The van der Waals surface area contributed by atoms with Crippen LogP contribution < -0.4 is 10.6 Å². The van der Waals surface area contributed by atoms with Crippen molar-refractivity contribution in [1.29, 1.82) is 0 Å². The molecule has 0 radical (unpaired) electrons. The maximum Gasteiger partial charge on any atom is 0.314 e. The van der Waals surface area contributed by atoms with Crippen molar-refractivity contribution in [3.8, 4) is 0 Å². The van der Waals surface area contributed by atoms with Crippen LogP contribution in [0.1, 0.15) is 17.4 Å². The van der Waals surface area contributed by atoms with E-state index in [0.29, 0.717) is 5.76 Å². The van der Waals surface area contributed by atoms with Crippen LogP contribution in [0, 0.1) is 6.92 Å². The van der Waals surface area contributed by atoms with Crippen LogP contribution in [0.15, 0.2) is 27.4 Å². The van der Waals surface area contributed by atoms with E-state index in [1.807, 2.05) is 16.8 Å². The first kappa shape index (κ1) is 15.2. The Morgan fingerprint density at radius 2 is 2.29 bits per heavy atom. The van der Waals surface area contributed by atoms with E-state index in [4.69, 9.17) is 9.26 Å². The fourth-order valence-corrected chi connectivity index (χ4v) is 2.36. The van der Waals surface area contributed by atoms with Gasteiger partial charge in [-0.15, -0.1) is 0 Å². The number of nitrogens with zero attached hydrogens (tertiary/aromatic N) is 1. The van der Waals surface area contributed by atoms with Crippen molar-refractivity contribution in [3.63, 3.8) is 0 Å². The Bertz CT molecular complexity index is 609. The minimum Gasteiger partial charge on any atom is -0.375 e. The second-order valence-electron chi connectivity index (χ2n) is 4.27. The Labute approximate surface area is 125 Å². The summed E-state index contributed by atoms with van der Waals surface area (Å²) in [4.78, 5) is 23.4. The molecule has 7 nitrogen and oxygen atoms in total. The van der Waals surface area contributed by atoms with Gasteiger partial charge >= 0.3 is 11.8 Å². The summed E-state index contributed by atoms with van der Waals surface area (Å²) in [6, 6.07) is 3.43. The molecule has 8 heteroatoms. The molecule has 0 fully saturated rings. The van der Waals surface area contributed by atoms with Crippen LogP contribution in [0.2, 0.25) is 0 Å². The van der Waals surface area contributed by atoms with Crippen molar-refractivity contribution < 1.29 is 18.8 Å². The van der Waals surface area contributed by atoms with Gasteiger partial charge in [-0.3, -0.25) is 14.9 Å². The first-order valence-corrected chi connectivity index (χ1v) is 7.12. The molecule has 1 unspecified atom stereocenters. The van der Waals surface area contributed by atoms with Gasteiger partial charge in [-0.1, -0.05) is 5.16 Å². The second-order valence-corrected chi connectivity index (χ2v) is 5.05. The Kier molecular flexibility index (Phi) is 5.07. The molecule has 2 aromatic heterocycles. The van der Waals surface area contributed by atoms with Gasteiger partial charge in [-0.2, -0.15) is 11.3 Å². The van der Waals surface area contributed by atoms with E-state index in [9.17, 15) is 9.59 Å². The number of aromatic nitrogens is 1. The predicted molar refractivity (Wildman–Crippen MR) is 76.9 cm³/mol. The Morgan fingerprint density at radius 3 is 2.86 bits per heavy atom.